The summed E-state index contributed by atoms with van der Waals surface area (Å²) in [7, 11) is 0. The lowest BCUT2D eigenvalue weighted by molar-refractivity contribution is -0.116. The molecule has 0 bridgehead atoms. The molecule has 1 aliphatic carbocycles. The molecule has 4 N–H and O–H groups in total. The van der Waals surface area contributed by atoms with E-state index in [-0.39, 0.29) is 29.0 Å². The summed E-state index contributed by atoms with van der Waals surface area (Å²) in [6.45, 7) is 7.70. The molecule has 0 radical (unpaired) electrons. The third kappa shape index (κ3) is 4.82. The minimum Gasteiger partial charge on any atom is -0.505 e. The normalized spacial score (nSPS) is 14.7. The highest BCUT2D eigenvalue weighted by Gasteiger charge is 2.30. The first-order chi connectivity index (χ1) is 14.2. The van der Waals surface area contributed by atoms with E-state index in [4.69, 9.17) is 0 Å². The van der Waals surface area contributed by atoms with Crippen LogP contribution in [-0.2, 0) is 4.79 Å². The predicted octanol–water partition coefficient (Wildman–Crippen LogP) is 4.26. The number of anilines is 1. The van der Waals surface area contributed by atoms with Crippen molar-refractivity contribution in [3.63, 3.8) is 0 Å². The number of benzene rings is 2. The van der Waals surface area contributed by atoms with E-state index in [1.54, 1.807) is 18.2 Å². The topological polar surface area (TPSA) is 90.5 Å². The first kappa shape index (κ1) is 21.4. The summed E-state index contributed by atoms with van der Waals surface area (Å²) in [6, 6.07) is 15.0. The van der Waals surface area contributed by atoms with Crippen LogP contribution in [0.3, 0.4) is 0 Å². The lowest BCUT2D eigenvalue weighted by Gasteiger charge is -2.29. The number of carbonyl (C=O) groups excluding carboxylic acids is 2. The molecule has 0 saturated carbocycles. The molecule has 1 aliphatic rings. The Kier molecular flexibility index (Phi) is 6.15. The van der Waals surface area contributed by atoms with Gasteiger partial charge in [0.1, 0.15) is 5.70 Å². The summed E-state index contributed by atoms with van der Waals surface area (Å²) in [6.07, 6.45) is 1.18. The van der Waals surface area contributed by atoms with E-state index in [2.05, 4.69) is 35.0 Å². The van der Waals surface area contributed by atoms with Crippen molar-refractivity contribution in [2.75, 3.05) is 5.32 Å². The molecular weight excluding hydrogens is 378 g/mol. The molecule has 1 atom stereocenters. The van der Waals surface area contributed by atoms with E-state index >= 15 is 0 Å². The van der Waals surface area contributed by atoms with Crippen LogP contribution < -0.4 is 16.0 Å². The third-order valence-corrected chi connectivity index (χ3v) is 4.91. The van der Waals surface area contributed by atoms with Crippen molar-refractivity contribution in [3.05, 3.63) is 71.1 Å². The van der Waals surface area contributed by atoms with Gasteiger partial charge in [-0.25, -0.2) is 0 Å². The molecule has 0 unspecified atom stereocenters. The number of carbonyl (C=O) groups is 2. The molecule has 0 heterocycles. The van der Waals surface area contributed by atoms with Crippen molar-refractivity contribution in [2.24, 2.45) is 0 Å². The first-order valence-electron chi connectivity index (χ1n) is 10.2. The Morgan fingerprint density at radius 2 is 1.80 bits per heavy atom. The molecule has 2 aromatic rings. The molecule has 0 aromatic heterocycles. The number of amides is 1. The van der Waals surface area contributed by atoms with E-state index < -0.39 is 5.54 Å². The fraction of sp³-hybridized carbons (Fsp3) is 0.333. The number of para-hydroxylation sites is 1. The number of phenols is 1. The number of allylic oxidation sites excluding steroid dienone is 2. The van der Waals surface area contributed by atoms with Gasteiger partial charge in [0.25, 0.3) is 5.91 Å². The molecule has 0 fully saturated rings. The summed E-state index contributed by atoms with van der Waals surface area (Å²) in [5, 5.41) is 19.9. The first-order valence-corrected chi connectivity index (χ1v) is 10.2. The number of Topliss-reactive ketones (excluding diaryl/α,β-unsaturated/α-hetero) is 1. The fourth-order valence-corrected chi connectivity index (χ4v) is 3.35. The van der Waals surface area contributed by atoms with Crippen molar-refractivity contribution >= 4 is 17.4 Å². The molecular formula is C24H29N3O3. The number of nitrogens with one attached hydrogen (secondary N) is 3. The Labute approximate surface area is 177 Å². The number of hydrogen-bond donors (Lipinski definition) is 4. The van der Waals surface area contributed by atoms with Gasteiger partial charge in [-0.1, -0.05) is 43.3 Å². The van der Waals surface area contributed by atoms with Gasteiger partial charge in [-0.15, -0.1) is 0 Å². The van der Waals surface area contributed by atoms with E-state index in [0.717, 1.165) is 17.7 Å². The van der Waals surface area contributed by atoms with E-state index in [0.29, 0.717) is 17.8 Å². The van der Waals surface area contributed by atoms with Crippen molar-refractivity contribution in [1.82, 2.24) is 10.6 Å². The maximum absolute atomic E-state index is 12.5. The average Bonchev–Trinajstić information content (AvgIpc) is 2.69. The van der Waals surface area contributed by atoms with Crippen LogP contribution in [0.5, 0.6) is 5.75 Å². The van der Waals surface area contributed by atoms with Gasteiger partial charge in [0.2, 0.25) is 0 Å². The van der Waals surface area contributed by atoms with Crippen LogP contribution in [0.1, 0.15) is 62.5 Å². The largest absolute Gasteiger partial charge is 0.505 e. The Bertz CT molecular complexity index is 975. The van der Waals surface area contributed by atoms with Gasteiger partial charge < -0.3 is 21.1 Å². The van der Waals surface area contributed by atoms with Gasteiger partial charge >= 0.3 is 0 Å². The molecule has 1 amide bonds. The van der Waals surface area contributed by atoms with Crippen LogP contribution in [0.25, 0.3) is 0 Å². The second-order valence-corrected chi connectivity index (χ2v) is 8.50. The summed E-state index contributed by atoms with van der Waals surface area (Å²) in [4.78, 5) is 24.7. The Morgan fingerprint density at radius 3 is 2.40 bits per heavy atom. The van der Waals surface area contributed by atoms with Gasteiger partial charge in [0.05, 0.1) is 23.7 Å². The van der Waals surface area contributed by atoms with Gasteiger partial charge in [-0.3, -0.25) is 9.59 Å². The van der Waals surface area contributed by atoms with Gasteiger partial charge in [-0.2, -0.15) is 0 Å². The summed E-state index contributed by atoms with van der Waals surface area (Å²) in [5.41, 5.74) is 2.44. The minimum atomic E-state index is -0.427. The van der Waals surface area contributed by atoms with E-state index in [1.807, 2.05) is 39.0 Å². The van der Waals surface area contributed by atoms with Crippen molar-refractivity contribution in [3.8, 4) is 5.75 Å². The highest BCUT2D eigenvalue weighted by atomic mass is 16.3. The second kappa shape index (κ2) is 8.61. The zero-order valence-corrected chi connectivity index (χ0v) is 17.9. The molecule has 0 spiro atoms. The third-order valence-electron chi connectivity index (χ3n) is 4.91. The SMILES string of the molecule is CC[C@@H](NC1=C(Nc2cccc(C(=O)NC(C)(C)C)c2O)C(=O)C1)c1ccccc1. The second-order valence-electron chi connectivity index (χ2n) is 8.50. The van der Waals surface area contributed by atoms with Gasteiger partial charge in [0.15, 0.2) is 11.5 Å². The zero-order chi connectivity index (χ0) is 21.9. The summed E-state index contributed by atoms with van der Waals surface area (Å²) >= 11 is 0. The Balaban J connectivity index is 1.82. The quantitative estimate of drug-likeness (QED) is 0.515. The molecule has 6 nitrogen and oxygen atoms in total. The molecule has 0 saturated heterocycles. The maximum atomic E-state index is 12.5. The molecule has 158 valence electrons. The number of aromatic hydroxyl groups is 1. The molecule has 6 heteroatoms. The number of rotatable bonds is 7. The Morgan fingerprint density at radius 1 is 1.10 bits per heavy atom. The Hall–Kier alpha value is -3.28. The predicted molar refractivity (Wildman–Crippen MR) is 118 cm³/mol. The van der Waals surface area contributed by atoms with Crippen LogP contribution in [0, 0.1) is 0 Å². The molecule has 30 heavy (non-hydrogen) atoms. The van der Waals surface area contributed by atoms with Crippen LogP contribution in [-0.4, -0.2) is 22.3 Å². The minimum absolute atomic E-state index is 0.0376. The van der Waals surface area contributed by atoms with Crippen LogP contribution in [0.15, 0.2) is 59.9 Å². The van der Waals surface area contributed by atoms with Crippen LogP contribution in [0.4, 0.5) is 5.69 Å². The fourth-order valence-electron chi connectivity index (χ4n) is 3.35. The van der Waals surface area contributed by atoms with E-state index in [1.165, 1.54) is 0 Å². The lowest BCUT2D eigenvalue weighted by Crippen LogP contribution is -2.40. The van der Waals surface area contributed by atoms with Crippen molar-refractivity contribution in [2.45, 2.75) is 52.1 Å². The highest BCUT2D eigenvalue weighted by molar-refractivity contribution is 6.07. The summed E-state index contributed by atoms with van der Waals surface area (Å²) < 4.78 is 0. The van der Waals surface area contributed by atoms with Crippen molar-refractivity contribution < 1.29 is 14.7 Å². The van der Waals surface area contributed by atoms with Crippen molar-refractivity contribution in [1.29, 1.82) is 0 Å². The zero-order valence-electron chi connectivity index (χ0n) is 17.9. The lowest BCUT2D eigenvalue weighted by atomic mass is 9.95. The van der Waals surface area contributed by atoms with Crippen LogP contribution >= 0.6 is 0 Å². The van der Waals surface area contributed by atoms with E-state index in [9.17, 15) is 14.7 Å². The standard InChI is InChI=1S/C24H29N3O3/c1-5-17(15-10-7-6-8-11-15)25-19-14-20(28)21(19)26-18-13-9-12-16(22(18)29)23(30)27-24(2,3)4/h6-13,17,25-26,29H,5,14H2,1-4H3,(H,27,30)/t17-/m1/s1. The maximum Gasteiger partial charge on any atom is 0.255 e. The molecule has 0 aliphatic heterocycles. The number of ketones is 1. The van der Waals surface area contributed by atoms with Gasteiger partial charge in [-0.05, 0) is 44.9 Å². The monoisotopic (exact) mass is 407 g/mol. The molecule has 3 rings (SSSR count). The summed E-state index contributed by atoms with van der Waals surface area (Å²) in [5.74, 6) is -0.587. The average molecular weight is 408 g/mol. The van der Waals surface area contributed by atoms with Crippen LogP contribution in [0.2, 0.25) is 0 Å². The number of phenolic OH excluding ortho intramolecular Hbond substituents is 1. The molecule has 2 aromatic carbocycles. The smallest absolute Gasteiger partial charge is 0.255 e. The van der Waals surface area contributed by atoms with Gasteiger partial charge in [0, 0.05) is 11.2 Å². The number of hydrogen-bond acceptors (Lipinski definition) is 5. The highest BCUT2D eigenvalue weighted by Crippen LogP contribution is 2.33.